The van der Waals surface area contributed by atoms with Crippen molar-refractivity contribution in [1.29, 1.82) is 0 Å². The van der Waals surface area contributed by atoms with Gasteiger partial charge < -0.3 is 20.2 Å². The Morgan fingerprint density at radius 2 is 1.94 bits per heavy atom. The van der Waals surface area contributed by atoms with E-state index in [2.05, 4.69) is 20.5 Å². The zero-order valence-corrected chi connectivity index (χ0v) is 17.8. The summed E-state index contributed by atoms with van der Waals surface area (Å²) < 4.78 is 24.3. The number of nitrogen functional groups attached to an aromatic ring is 1. The number of benzene rings is 1. The van der Waals surface area contributed by atoms with Crippen LogP contribution in [0.3, 0.4) is 0 Å². The fourth-order valence-electron chi connectivity index (χ4n) is 3.19. The Morgan fingerprint density at radius 1 is 1.12 bits per heavy atom. The molecule has 3 aliphatic rings. The molecular weight excluding hydrogens is 425 g/mol. The summed E-state index contributed by atoms with van der Waals surface area (Å²) >= 11 is 0. The molecule has 0 fully saturated rings. The normalized spacial score (nSPS) is 17.7. The van der Waals surface area contributed by atoms with E-state index in [-0.39, 0.29) is 17.7 Å². The fraction of sp³-hybridized carbons (Fsp3) is 0.125. The molecule has 0 spiro atoms. The molecule has 4 N–H and O–H groups in total. The molecule has 1 atom stereocenters. The summed E-state index contributed by atoms with van der Waals surface area (Å²) in [7, 11) is 1.53. The van der Waals surface area contributed by atoms with Gasteiger partial charge in [0.25, 0.3) is 5.56 Å². The van der Waals surface area contributed by atoms with Gasteiger partial charge in [0.1, 0.15) is 0 Å². The number of allylic oxidation sites excluding steroid dienone is 2. The summed E-state index contributed by atoms with van der Waals surface area (Å²) in [5.41, 5.74) is 12.6. The summed E-state index contributed by atoms with van der Waals surface area (Å²) in [4.78, 5) is 17.5. The lowest BCUT2D eigenvalue weighted by Crippen LogP contribution is -2.13. The molecule has 2 aromatic heterocycles. The zero-order chi connectivity index (χ0) is 23.2. The molecule has 6 rings (SSSR count). The minimum Gasteiger partial charge on any atom is -0.493 e. The molecule has 1 aromatic carbocycles. The van der Waals surface area contributed by atoms with Gasteiger partial charge in [-0.05, 0) is 54.1 Å². The number of nitrogens with zero attached hydrogens (tertiary/aromatic N) is 2. The molecule has 0 radical (unpaired) electrons. The standard InChI is InChI=1S/C14H13FN2O2.C10H9N3O/c1-18-12-6-2-9-8-13(12)19-14(15)7-4-10-3-5-11(9)17-16-10;11-9-5-8(6-13-10(9)14)7-1-3-12-4-2-7/h2-6,8,14,16H,7H2,1H3;1-6H,11H2,(H,13,14)/b10-4-;. The van der Waals surface area contributed by atoms with Crippen LogP contribution in [0.25, 0.3) is 11.1 Å². The van der Waals surface area contributed by atoms with Crippen molar-refractivity contribution < 1.29 is 13.9 Å². The number of ether oxygens (including phenoxy) is 2. The lowest BCUT2D eigenvalue weighted by atomic mass is 10.1. The van der Waals surface area contributed by atoms with E-state index in [4.69, 9.17) is 15.2 Å². The Kier molecular flexibility index (Phi) is 6.49. The summed E-state index contributed by atoms with van der Waals surface area (Å²) in [6.07, 6.45) is 9.19. The first kappa shape index (κ1) is 21.8. The first-order chi connectivity index (χ1) is 16.0. The van der Waals surface area contributed by atoms with E-state index in [1.165, 1.54) is 7.11 Å². The molecule has 0 aliphatic carbocycles. The number of anilines is 1. The maximum absolute atomic E-state index is 13.8. The molecule has 8 nitrogen and oxygen atoms in total. The summed E-state index contributed by atoms with van der Waals surface area (Å²) in [5, 5.41) is 4.24. The number of hydrazone groups is 1. The number of pyridine rings is 2. The third kappa shape index (κ3) is 5.27. The number of H-pyrrole nitrogens is 1. The van der Waals surface area contributed by atoms with Crippen molar-refractivity contribution in [3.05, 3.63) is 94.8 Å². The predicted molar refractivity (Wildman–Crippen MR) is 125 cm³/mol. The Morgan fingerprint density at radius 3 is 2.64 bits per heavy atom. The van der Waals surface area contributed by atoms with Crippen molar-refractivity contribution in [2.45, 2.75) is 12.8 Å². The van der Waals surface area contributed by atoms with Gasteiger partial charge in [0.15, 0.2) is 11.5 Å². The quantitative estimate of drug-likeness (QED) is 0.554. The van der Waals surface area contributed by atoms with Crippen LogP contribution in [0.5, 0.6) is 11.5 Å². The smallest absolute Gasteiger partial charge is 0.271 e. The highest BCUT2D eigenvalue weighted by molar-refractivity contribution is 6.09. The van der Waals surface area contributed by atoms with Gasteiger partial charge in [-0.3, -0.25) is 15.2 Å². The second kappa shape index (κ2) is 9.82. The number of aromatic nitrogens is 2. The SMILES string of the molecule is COc1ccc2cc1OC(F)C/C=C1/C=CC2=NN1.Nc1cc(-c2ccncc2)c[nH]c1=O. The van der Waals surface area contributed by atoms with Gasteiger partial charge in [0, 0.05) is 36.1 Å². The van der Waals surface area contributed by atoms with Crippen LogP contribution in [0, 0.1) is 0 Å². The van der Waals surface area contributed by atoms with E-state index < -0.39 is 6.36 Å². The fourth-order valence-corrected chi connectivity index (χ4v) is 3.19. The number of halogens is 1. The molecule has 5 heterocycles. The zero-order valence-electron chi connectivity index (χ0n) is 17.8. The predicted octanol–water partition coefficient (Wildman–Crippen LogP) is 3.54. The van der Waals surface area contributed by atoms with Crippen molar-refractivity contribution in [3.63, 3.8) is 0 Å². The number of aromatic amines is 1. The van der Waals surface area contributed by atoms with Gasteiger partial charge in [-0.25, -0.2) is 4.39 Å². The minimum atomic E-state index is -1.42. The number of fused-ring (bicyclic) bond motifs is 4. The number of hydrogen-bond acceptors (Lipinski definition) is 7. The van der Waals surface area contributed by atoms with Gasteiger partial charge in [-0.2, -0.15) is 5.10 Å². The van der Waals surface area contributed by atoms with Crippen LogP contribution in [-0.2, 0) is 0 Å². The van der Waals surface area contributed by atoms with Crippen LogP contribution >= 0.6 is 0 Å². The van der Waals surface area contributed by atoms with Gasteiger partial charge >= 0.3 is 0 Å². The number of nitrogens with two attached hydrogens (primary N) is 1. The average molecular weight is 447 g/mol. The highest BCUT2D eigenvalue weighted by atomic mass is 19.1. The van der Waals surface area contributed by atoms with Gasteiger partial charge in [-0.15, -0.1) is 0 Å². The summed E-state index contributed by atoms with van der Waals surface area (Å²) in [5.74, 6) is 0.887. The van der Waals surface area contributed by atoms with Gasteiger partial charge in [0.2, 0.25) is 6.36 Å². The average Bonchev–Trinajstić information content (AvgIpc) is 2.89. The van der Waals surface area contributed by atoms with Crippen molar-refractivity contribution in [2.24, 2.45) is 5.10 Å². The third-order valence-corrected chi connectivity index (χ3v) is 4.91. The lowest BCUT2D eigenvalue weighted by molar-refractivity contribution is 0.0674. The second-order valence-electron chi connectivity index (χ2n) is 7.14. The number of methoxy groups -OCH3 is 1. The second-order valence-corrected chi connectivity index (χ2v) is 7.14. The van der Waals surface area contributed by atoms with E-state index in [1.54, 1.807) is 42.9 Å². The number of nitrogens with one attached hydrogen (secondary N) is 2. The Balaban J connectivity index is 0.000000165. The first-order valence-corrected chi connectivity index (χ1v) is 10.1. The van der Waals surface area contributed by atoms with Crippen LogP contribution in [0.1, 0.15) is 12.0 Å². The van der Waals surface area contributed by atoms with E-state index in [9.17, 15) is 9.18 Å². The van der Waals surface area contributed by atoms with E-state index in [0.29, 0.717) is 11.5 Å². The van der Waals surface area contributed by atoms with Crippen molar-refractivity contribution in [1.82, 2.24) is 15.4 Å². The molecule has 3 aliphatic heterocycles. The topological polar surface area (TPSA) is 115 Å². The molecule has 0 saturated carbocycles. The lowest BCUT2D eigenvalue weighted by Gasteiger charge is -2.14. The monoisotopic (exact) mass is 447 g/mol. The molecule has 9 heteroatoms. The number of hydrogen-bond donors (Lipinski definition) is 3. The summed E-state index contributed by atoms with van der Waals surface area (Å²) in [6.45, 7) is 0. The number of alkyl halides is 1. The maximum atomic E-state index is 13.8. The molecule has 1 unspecified atom stereocenters. The molecule has 4 bridgehead atoms. The van der Waals surface area contributed by atoms with Crippen LogP contribution in [-0.4, -0.2) is 29.1 Å². The van der Waals surface area contributed by atoms with E-state index >= 15 is 0 Å². The van der Waals surface area contributed by atoms with Crippen molar-refractivity contribution in [3.8, 4) is 22.6 Å². The minimum absolute atomic E-state index is 0.144. The van der Waals surface area contributed by atoms with Crippen LogP contribution in [0.2, 0.25) is 0 Å². The van der Waals surface area contributed by atoms with E-state index in [0.717, 1.165) is 28.1 Å². The molecule has 0 saturated heterocycles. The highest BCUT2D eigenvalue weighted by Gasteiger charge is 2.16. The maximum Gasteiger partial charge on any atom is 0.271 e. The first-order valence-electron chi connectivity index (χ1n) is 10.1. The Hall–Kier alpha value is -4.40. The number of rotatable bonds is 2. The Labute approximate surface area is 189 Å². The van der Waals surface area contributed by atoms with Gasteiger partial charge in [0.05, 0.1) is 24.2 Å². The molecule has 168 valence electrons. The van der Waals surface area contributed by atoms with Gasteiger partial charge in [-0.1, -0.05) is 6.08 Å². The van der Waals surface area contributed by atoms with Crippen LogP contribution in [0.4, 0.5) is 10.1 Å². The molecule has 33 heavy (non-hydrogen) atoms. The summed E-state index contributed by atoms with van der Waals surface area (Å²) in [6, 6.07) is 10.7. The Bertz CT molecular complexity index is 1280. The van der Waals surface area contributed by atoms with Crippen LogP contribution < -0.4 is 26.2 Å². The third-order valence-electron chi connectivity index (χ3n) is 4.91. The van der Waals surface area contributed by atoms with Crippen molar-refractivity contribution in [2.75, 3.05) is 12.8 Å². The molecular formula is C24H22FN5O3. The van der Waals surface area contributed by atoms with Crippen molar-refractivity contribution >= 4 is 11.4 Å². The van der Waals surface area contributed by atoms with E-state index in [1.807, 2.05) is 30.4 Å². The molecule has 3 aromatic rings. The van der Waals surface area contributed by atoms with Crippen LogP contribution in [0.15, 0.2) is 88.8 Å². The molecule has 0 amide bonds. The highest BCUT2D eigenvalue weighted by Crippen LogP contribution is 2.31. The largest absolute Gasteiger partial charge is 0.493 e.